The van der Waals surface area contributed by atoms with Crippen LogP contribution >= 0.6 is 0 Å². The van der Waals surface area contributed by atoms with Gasteiger partial charge in [-0.1, -0.05) is 0 Å². The number of pyridine rings is 1. The van der Waals surface area contributed by atoms with E-state index in [1.165, 1.54) is 0 Å². The van der Waals surface area contributed by atoms with Crippen molar-refractivity contribution in [3.63, 3.8) is 0 Å². The molecule has 5 nitrogen and oxygen atoms in total. The van der Waals surface area contributed by atoms with Crippen LogP contribution in [0.3, 0.4) is 0 Å². The summed E-state index contributed by atoms with van der Waals surface area (Å²) in [7, 11) is 0. The second-order valence-electron chi connectivity index (χ2n) is 3.98. The van der Waals surface area contributed by atoms with Crippen LogP contribution in [0.4, 0.5) is 0 Å². The van der Waals surface area contributed by atoms with Crippen molar-refractivity contribution in [1.82, 2.24) is 19.9 Å². The number of carbonyl (C=O) groups excluding carboxylic acids is 1. The summed E-state index contributed by atoms with van der Waals surface area (Å²) in [5, 5.41) is 11.6. The van der Waals surface area contributed by atoms with Gasteiger partial charge in [-0.05, 0) is 31.5 Å². The Bertz CT molecular complexity index is 528. The highest BCUT2D eigenvalue weighted by Crippen LogP contribution is 2.22. The van der Waals surface area contributed by atoms with Gasteiger partial charge in [0, 0.05) is 6.20 Å². The predicted octanol–water partition coefficient (Wildman–Crippen LogP) is 0.966. The summed E-state index contributed by atoms with van der Waals surface area (Å²) < 4.78 is 1.90. The SMILES string of the molecule is O=Cc1cccn2c(C3CCCN3)nnc12. The van der Waals surface area contributed by atoms with E-state index in [0.717, 1.165) is 31.5 Å². The van der Waals surface area contributed by atoms with Crippen LogP contribution in [0.1, 0.15) is 35.1 Å². The van der Waals surface area contributed by atoms with Crippen molar-refractivity contribution in [2.45, 2.75) is 18.9 Å². The molecule has 0 bridgehead atoms. The summed E-state index contributed by atoms with van der Waals surface area (Å²) in [5.74, 6) is 0.899. The summed E-state index contributed by atoms with van der Waals surface area (Å²) in [4.78, 5) is 10.9. The van der Waals surface area contributed by atoms with Crippen LogP contribution in [0.25, 0.3) is 5.65 Å². The van der Waals surface area contributed by atoms with E-state index in [1.54, 1.807) is 6.07 Å². The van der Waals surface area contributed by atoms with Crippen molar-refractivity contribution < 1.29 is 4.79 Å². The number of hydrogen-bond donors (Lipinski definition) is 1. The molecule has 0 saturated carbocycles. The standard InChI is InChI=1S/C11H12N4O/c16-7-8-3-2-6-15-10(8)13-14-11(15)9-4-1-5-12-9/h2-3,6-7,9,12H,1,4-5H2. The maximum Gasteiger partial charge on any atom is 0.171 e. The summed E-state index contributed by atoms with van der Waals surface area (Å²) >= 11 is 0. The van der Waals surface area contributed by atoms with E-state index in [2.05, 4.69) is 15.5 Å². The van der Waals surface area contributed by atoms with Gasteiger partial charge in [0.15, 0.2) is 17.8 Å². The highest BCUT2D eigenvalue weighted by Gasteiger charge is 2.21. The lowest BCUT2D eigenvalue weighted by Gasteiger charge is -2.07. The Balaban J connectivity index is 2.16. The lowest BCUT2D eigenvalue weighted by molar-refractivity contribution is 0.112. The van der Waals surface area contributed by atoms with Gasteiger partial charge in [0.05, 0.1) is 11.6 Å². The zero-order valence-electron chi connectivity index (χ0n) is 8.76. The van der Waals surface area contributed by atoms with Gasteiger partial charge >= 0.3 is 0 Å². The third-order valence-electron chi connectivity index (χ3n) is 2.99. The van der Waals surface area contributed by atoms with E-state index >= 15 is 0 Å². The first-order chi connectivity index (χ1) is 7.90. The van der Waals surface area contributed by atoms with Crippen LogP contribution in [0.5, 0.6) is 0 Å². The van der Waals surface area contributed by atoms with Gasteiger partial charge in [-0.3, -0.25) is 9.20 Å². The van der Waals surface area contributed by atoms with E-state index in [0.29, 0.717) is 11.2 Å². The Hall–Kier alpha value is -1.75. The Labute approximate surface area is 92.5 Å². The Morgan fingerprint density at radius 3 is 3.19 bits per heavy atom. The second-order valence-corrected chi connectivity index (χ2v) is 3.98. The molecule has 0 aliphatic carbocycles. The quantitative estimate of drug-likeness (QED) is 0.760. The van der Waals surface area contributed by atoms with Crippen molar-refractivity contribution in [1.29, 1.82) is 0 Å². The largest absolute Gasteiger partial charge is 0.307 e. The molecule has 1 fully saturated rings. The van der Waals surface area contributed by atoms with Crippen molar-refractivity contribution in [3.8, 4) is 0 Å². The molecule has 16 heavy (non-hydrogen) atoms. The molecule has 1 atom stereocenters. The molecule has 2 aromatic heterocycles. The molecule has 3 rings (SSSR count). The molecule has 1 unspecified atom stereocenters. The summed E-state index contributed by atoms with van der Waals surface area (Å²) in [6.07, 6.45) is 4.95. The molecular weight excluding hydrogens is 204 g/mol. The van der Waals surface area contributed by atoms with Crippen LogP contribution in [0.2, 0.25) is 0 Å². The summed E-state index contributed by atoms with van der Waals surface area (Å²) in [5.41, 5.74) is 1.22. The Morgan fingerprint density at radius 2 is 2.44 bits per heavy atom. The molecule has 2 aromatic rings. The lowest BCUT2D eigenvalue weighted by Crippen LogP contribution is -2.15. The van der Waals surface area contributed by atoms with Crippen LogP contribution in [0, 0.1) is 0 Å². The highest BCUT2D eigenvalue weighted by molar-refractivity contribution is 5.83. The molecule has 1 N–H and O–H groups in total. The van der Waals surface area contributed by atoms with Gasteiger partial charge in [0.1, 0.15) is 0 Å². The minimum Gasteiger partial charge on any atom is -0.307 e. The average Bonchev–Trinajstić information content (AvgIpc) is 2.96. The molecular formula is C11H12N4O. The average molecular weight is 216 g/mol. The van der Waals surface area contributed by atoms with Gasteiger partial charge in [-0.2, -0.15) is 0 Å². The van der Waals surface area contributed by atoms with Crippen molar-refractivity contribution in [2.24, 2.45) is 0 Å². The molecule has 0 spiro atoms. The Kier molecular flexibility index (Phi) is 2.18. The third kappa shape index (κ3) is 1.32. The van der Waals surface area contributed by atoms with E-state index in [9.17, 15) is 4.79 Å². The van der Waals surface area contributed by atoms with Gasteiger partial charge in [0.25, 0.3) is 0 Å². The molecule has 0 amide bonds. The first-order valence-electron chi connectivity index (χ1n) is 5.42. The lowest BCUT2D eigenvalue weighted by atomic mass is 10.2. The van der Waals surface area contributed by atoms with E-state index in [1.807, 2.05) is 16.7 Å². The number of aromatic nitrogens is 3. The number of rotatable bonds is 2. The third-order valence-corrected chi connectivity index (χ3v) is 2.99. The molecule has 0 radical (unpaired) electrons. The summed E-state index contributed by atoms with van der Waals surface area (Å²) in [6.45, 7) is 1.02. The number of carbonyl (C=O) groups is 1. The normalized spacial score (nSPS) is 20.4. The number of nitrogens with one attached hydrogen (secondary N) is 1. The van der Waals surface area contributed by atoms with E-state index in [-0.39, 0.29) is 6.04 Å². The smallest absolute Gasteiger partial charge is 0.171 e. The minimum atomic E-state index is 0.261. The molecule has 5 heteroatoms. The topological polar surface area (TPSA) is 59.3 Å². The number of nitrogens with zero attached hydrogens (tertiary/aromatic N) is 3. The van der Waals surface area contributed by atoms with Gasteiger partial charge in [-0.25, -0.2) is 0 Å². The van der Waals surface area contributed by atoms with Crippen molar-refractivity contribution >= 4 is 11.9 Å². The van der Waals surface area contributed by atoms with Gasteiger partial charge in [0.2, 0.25) is 0 Å². The fraction of sp³-hybridized carbons (Fsp3) is 0.364. The molecule has 3 heterocycles. The first kappa shape index (κ1) is 9.47. The number of aldehydes is 1. The molecule has 1 aliphatic rings. The fourth-order valence-electron chi connectivity index (χ4n) is 2.19. The van der Waals surface area contributed by atoms with E-state index < -0.39 is 0 Å². The van der Waals surface area contributed by atoms with Crippen LogP contribution in [-0.2, 0) is 0 Å². The zero-order chi connectivity index (χ0) is 11.0. The summed E-state index contributed by atoms with van der Waals surface area (Å²) in [6, 6.07) is 3.86. The van der Waals surface area contributed by atoms with Crippen LogP contribution in [0.15, 0.2) is 18.3 Å². The minimum absolute atomic E-state index is 0.261. The first-order valence-corrected chi connectivity index (χ1v) is 5.42. The van der Waals surface area contributed by atoms with Crippen molar-refractivity contribution in [2.75, 3.05) is 6.54 Å². The Morgan fingerprint density at radius 1 is 1.50 bits per heavy atom. The highest BCUT2D eigenvalue weighted by atomic mass is 16.1. The maximum absolute atomic E-state index is 10.9. The monoisotopic (exact) mass is 216 g/mol. The van der Waals surface area contributed by atoms with E-state index in [4.69, 9.17) is 0 Å². The van der Waals surface area contributed by atoms with Crippen LogP contribution in [-0.4, -0.2) is 27.4 Å². The number of fused-ring (bicyclic) bond motifs is 1. The maximum atomic E-state index is 10.9. The molecule has 0 aromatic carbocycles. The zero-order valence-corrected chi connectivity index (χ0v) is 8.76. The van der Waals surface area contributed by atoms with Crippen LogP contribution < -0.4 is 5.32 Å². The predicted molar refractivity (Wildman–Crippen MR) is 58.4 cm³/mol. The van der Waals surface area contributed by atoms with Crippen molar-refractivity contribution in [3.05, 3.63) is 29.7 Å². The second kappa shape index (κ2) is 3.68. The number of hydrogen-bond acceptors (Lipinski definition) is 4. The van der Waals surface area contributed by atoms with Gasteiger partial charge < -0.3 is 5.32 Å². The molecule has 82 valence electrons. The molecule has 1 saturated heterocycles. The fourth-order valence-corrected chi connectivity index (χ4v) is 2.19. The molecule has 1 aliphatic heterocycles. The van der Waals surface area contributed by atoms with Gasteiger partial charge in [-0.15, -0.1) is 10.2 Å².